The first-order chi connectivity index (χ1) is 9.97. The maximum absolute atomic E-state index is 12.9. The topological polar surface area (TPSA) is 48.1 Å². The number of anilines is 1. The maximum Gasteiger partial charge on any atom is 0.419 e. The minimum atomic E-state index is -4.49. The third-order valence-corrected chi connectivity index (χ3v) is 3.71. The van der Waals surface area contributed by atoms with E-state index in [1.165, 1.54) is 29.5 Å². The molecule has 0 radical (unpaired) electrons. The SMILES string of the molecule is Nc1c(Oc2ccccc2C(F)(F)F)ccc2scnc12. The predicted molar refractivity (Wildman–Crippen MR) is 75.6 cm³/mol. The smallest absolute Gasteiger partial charge is 0.419 e. The molecule has 1 heterocycles. The van der Waals surface area contributed by atoms with Crippen LogP contribution in [0.15, 0.2) is 41.9 Å². The van der Waals surface area contributed by atoms with E-state index in [2.05, 4.69) is 4.98 Å². The number of ether oxygens (including phenoxy) is 1. The number of benzene rings is 2. The minimum absolute atomic E-state index is 0.158. The summed E-state index contributed by atoms with van der Waals surface area (Å²) in [5.74, 6) is -0.128. The second-order valence-electron chi connectivity index (χ2n) is 4.27. The van der Waals surface area contributed by atoms with Gasteiger partial charge in [0.1, 0.15) is 17.0 Å². The van der Waals surface area contributed by atoms with Gasteiger partial charge < -0.3 is 10.5 Å². The molecule has 3 rings (SSSR count). The number of nitrogens with zero attached hydrogens (tertiary/aromatic N) is 1. The lowest BCUT2D eigenvalue weighted by atomic mass is 10.2. The summed E-state index contributed by atoms with van der Waals surface area (Å²) in [6, 6.07) is 8.27. The molecule has 0 unspecified atom stereocenters. The molecular formula is C14H9F3N2OS. The van der Waals surface area contributed by atoms with Crippen molar-refractivity contribution in [1.82, 2.24) is 4.98 Å². The van der Waals surface area contributed by atoms with Crippen LogP contribution in [-0.4, -0.2) is 4.98 Å². The Kier molecular flexibility index (Phi) is 3.21. The average Bonchev–Trinajstić information content (AvgIpc) is 2.90. The Labute approximate surface area is 121 Å². The van der Waals surface area contributed by atoms with E-state index in [1.807, 2.05) is 0 Å². The molecule has 21 heavy (non-hydrogen) atoms. The quantitative estimate of drug-likeness (QED) is 0.699. The molecule has 2 N–H and O–H groups in total. The number of halogens is 3. The van der Waals surface area contributed by atoms with E-state index in [-0.39, 0.29) is 17.2 Å². The second-order valence-corrected chi connectivity index (χ2v) is 5.16. The van der Waals surface area contributed by atoms with Crippen LogP contribution in [0.4, 0.5) is 18.9 Å². The lowest BCUT2D eigenvalue weighted by molar-refractivity contribution is -0.138. The average molecular weight is 310 g/mol. The van der Waals surface area contributed by atoms with Crippen LogP contribution in [0, 0.1) is 0 Å². The lowest BCUT2D eigenvalue weighted by Gasteiger charge is -2.14. The monoisotopic (exact) mass is 310 g/mol. The number of rotatable bonds is 2. The number of thiazole rings is 1. The highest BCUT2D eigenvalue weighted by Crippen LogP contribution is 2.40. The van der Waals surface area contributed by atoms with E-state index in [0.717, 1.165) is 10.8 Å². The third-order valence-electron chi connectivity index (χ3n) is 2.91. The van der Waals surface area contributed by atoms with Crippen molar-refractivity contribution in [2.45, 2.75) is 6.18 Å². The number of fused-ring (bicyclic) bond motifs is 1. The van der Waals surface area contributed by atoms with Crippen LogP contribution in [0.25, 0.3) is 10.2 Å². The van der Waals surface area contributed by atoms with Gasteiger partial charge in [-0.25, -0.2) is 4.98 Å². The first-order valence-corrected chi connectivity index (χ1v) is 6.80. The number of hydrogen-bond donors (Lipinski definition) is 1. The van der Waals surface area contributed by atoms with E-state index in [9.17, 15) is 13.2 Å². The van der Waals surface area contributed by atoms with Gasteiger partial charge in [-0.15, -0.1) is 11.3 Å². The normalized spacial score (nSPS) is 11.8. The molecule has 0 fully saturated rings. The van der Waals surface area contributed by atoms with Gasteiger partial charge in [-0.1, -0.05) is 12.1 Å². The van der Waals surface area contributed by atoms with Gasteiger partial charge in [0, 0.05) is 0 Å². The van der Waals surface area contributed by atoms with Gasteiger partial charge in [-0.05, 0) is 24.3 Å². The minimum Gasteiger partial charge on any atom is -0.454 e. The van der Waals surface area contributed by atoms with Gasteiger partial charge in [0.15, 0.2) is 5.75 Å². The van der Waals surface area contributed by atoms with Crippen LogP contribution in [0.3, 0.4) is 0 Å². The summed E-state index contributed by atoms with van der Waals surface area (Å²) < 4.78 is 45.0. The van der Waals surface area contributed by atoms with E-state index in [0.29, 0.717) is 5.52 Å². The van der Waals surface area contributed by atoms with Crippen molar-refractivity contribution in [3.8, 4) is 11.5 Å². The summed E-state index contributed by atoms with van der Waals surface area (Å²) in [6.45, 7) is 0. The maximum atomic E-state index is 12.9. The molecule has 0 saturated heterocycles. The third kappa shape index (κ3) is 2.52. The van der Waals surface area contributed by atoms with Crippen molar-refractivity contribution in [2.24, 2.45) is 0 Å². The highest BCUT2D eigenvalue weighted by Gasteiger charge is 2.34. The molecule has 3 aromatic rings. The van der Waals surface area contributed by atoms with Gasteiger partial charge >= 0.3 is 6.18 Å². The van der Waals surface area contributed by atoms with Crippen molar-refractivity contribution in [3.63, 3.8) is 0 Å². The van der Waals surface area contributed by atoms with Gasteiger partial charge in [-0.3, -0.25) is 0 Å². The van der Waals surface area contributed by atoms with E-state index >= 15 is 0 Å². The zero-order chi connectivity index (χ0) is 15.0. The predicted octanol–water partition coefficient (Wildman–Crippen LogP) is 4.69. The van der Waals surface area contributed by atoms with Crippen molar-refractivity contribution in [2.75, 3.05) is 5.73 Å². The molecule has 0 atom stereocenters. The van der Waals surface area contributed by atoms with Crippen molar-refractivity contribution < 1.29 is 17.9 Å². The fraction of sp³-hybridized carbons (Fsp3) is 0.0714. The standard InChI is InChI=1S/C14H9F3N2OS/c15-14(16,17)8-3-1-2-4-9(8)20-10-5-6-11-13(12(10)18)19-7-21-11/h1-7H,18H2. The van der Waals surface area contributed by atoms with Crippen molar-refractivity contribution in [1.29, 1.82) is 0 Å². The highest BCUT2D eigenvalue weighted by atomic mass is 32.1. The molecule has 108 valence electrons. The fourth-order valence-corrected chi connectivity index (χ4v) is 2.62. The van der Waals surface area contributed by atoms with Gasteiger partial charge in [-0.2, -0.15) is 13.2 Å². The number of nitrogens with two attached hydrogens (primary N) is 1. The van der Waals surface area contributed by atoms with Crippen LogP contribution in [0.2, 0.25) is 0 Å². The number of para-hydroxylation sites is 1. The first kappa shape index (κ1) is 13.7. The lowest BCUT2D eigenvalue weighted by Crippen LogP contribution is -2.07. The fourth-order valence-electron chi connectivity index (χ4n) is 1.93. The molecule has 0 saturated carbocycles. The van der Waals surface area contributed by atoms with E-state index in [4.69, 9.17) is 10.5 Å². The Morgan fingerprint density at radius 1 is 1.05 bits per heavy atom. The molecule has 3 nitrogen and oxygen atoms in total. The first-order valence-electron chi connectivity index (χ1n) is 5.92. The summed E-state index contributed by atoms with van der Waals surface area (Å²) >= 11 is 1.40. The molecule has 0 aliphatic heterocycles. The second kappa shape index (κ2) is 4.92. The molecule has 0 bridgehead atoms. The van der Waals surface area contributed by atoms with Crippen LogP contribution in [0.5, 0.6) is 11.5 Å². The number of nitrogen functional groups attached to an aromatic ring is 1. The molecule has 1 aromatic heterocycles. The zero-order valence-corrected chi connectivity index (χ0v) is 11.3. The summed E-state index contributed by atoms with van der Waals surface area (Å²) in [7, 11) is 0. The molecule has 0 aliphatic carbocycles. The van der Waals surface area contributed by atoms with Crippen molar-refractivity contribution in [3.05, 3.63) is 47.5 Å². The van der Waals surface area contributed by atoms with Crippen LogP contribution in [-0.2, 0) is 6.18 Å². The molecule has 0 aliphatic rings. The Morgan fingerprint density at radius 2 is 1.81 bits per heavy atom. The molecule has 2 aromatic carbocycles. The van der Waals surface area contributed by atoms with E-state index < -0.39 is 11.7 Å². The summed E-state index contributed by atoms with van der Waals surface area (Å²) in [6.07, 6.45) is -4.49. The molecule has 0 amide bonds. The Balaban J connectivity index is 2.05. The molecular weight excluding hydrogens is 301 g/mol. The highest BCUT2D eigenvalue weighted by molar-refractivity contribution is 7.16. The number of alkyl halides is 3. The van der Waals surface area contributed by atoms with E-state index in [1.54, 1.807) is 17.6 Å². The largest absolute Gasteiger partial charge is 0.454 e. The molecule has 0 spiro atoms. The van der Waals surface area contributed by atoms with Crippen LogP contribution < -0.4 is 10.5 Å². The summed E-state index contributed by atoms with van der Waals surface area (Å²) in [5.41, 5.74) is 7.44. The number of hydrogen-bond acceptors (Lipinski definition) is 4. The number of aromatic nitrogens is 1. The van der Waals surface area contributed by atoms with Crippen LogP contribution >= 0.6 is 11.3 Å². The van der Waals surface area contributed by atoms with Gasteiger partial charge in [0.05, 0.1) is 15.8 Å². The Bertz CT molecular complexity index is 798. The Hall–Kier alpha value is -2.28. The van der Waals surface area contributed by atoms with Gasteiger partial charge in [0.25, 0.3) is 0 Å². The Morgan fingerprint density at radius 3 is 2.57 bits per heavy atom. The summed E-state index contributed by atoms with van der Waals surface area (Å²) in [4.78, 5) is 4.08. The van der Waals surface area contributed by atoms with Gasteiger partial charge in [0.2, 0.25) is 0 Å². The summed E-state index contributed by atoms with van der Waals surface area (Å²) in [5, 5.41) is 0. The zero-order valence-electron chi connectivity index (χ0n) is 10.5. The van der Waals surface area contributed by atoms with Crippen LogP contribution in [0.1, 0.15) is 5.56 Å². The van der Waals surface area contributed by atoms with Crippen molar-refractivity contribution >= 4 is 27.2 Å². The molecule has 7 heteroatoms.